The van der Waals surface area contributed by atoms with E-state index in [-0.39, 0.29) is 5.78 Å². The number of ketones is 1. The number of unbranched alkanes of at least 4 members (excludes halogenated alkanes) is 1. The van der Waals surface area contributed by atoms with Crippen molar-refractivity contribution < 1.29 is 4.79 Å². The van der Waals surface area contributed by atoms with Gasteiger partial charge in [0.25, 0.3) is 0 Å². The Bertz CT molecular complexity index is 261. The van der Waals surface area contributed by atoms with Gasteiger partial charge in [-0.15, -0.1) is 11.6 Å². The zero-order valence-corrected chi connectivity index (χ0v) is 8.13. The molecule has 0 saturated carbocycles. The molecule has 0 saturated heterocycles. The summed E-state index contributed by atoms with van der Waals surface area (Å²) < 4.78 is 0. The predicted octanol–water partition coefficient (Wildman–Crippen LogP) is 2.67. The maximum atomic E-state index is 11.4. The first kappa shape index (κ1) is 10.2. The van der Waals surface area contributed by atoms with Crippen molar-refractivity contribution >= 4 is 17.4 Å². The van der Waals surface area contributed by atoms with Crippen LogP contribution in [0.25, 0.3) is 0 Å². The molecule has 0 N–H and O–H groups in total. The molecule has 1 rings (SSSR count). The van der Waals surface area contributed by atoms with Crippen LogP contribution in [0.2, 0.25) is 0 Å². The summed E-state index contributed by atoms with van der Waals surface area (Å²) in [7, 11) is 0. The van der Waals surface area contributed by atoms with E-state index < -0.39 is 0 Å². The Morgan fingerprint density at radius 1 is 1.38 bits per heavy atom. The van der Waals surface area contributed by atoms with Gasteiger partial charge in [0, 0.05) is 18.5 Å². The molecule has 1 heterocycles. The number of halogens is 1. The lowest BCUT2D eigenvalue weighted by molar-refractivity contribution is 0.0975. The lowest BCUT2D eigenvalue weighted by Gasteiger charge is -1.97. The largest absolute Gasteiger partial charge is 0.292 e. The number of carbonyl (C=O) groups excluding carboxylic acids is 1. The summed E-state index contributed by atoms with van der Waals surface area (Å²) in [5.41, 5.74) is 0.553. The van der Waals surface area contributed by atoms with Crippen LogP contribution in [0, 0.1) is 0 Å². The van der Waals surface area contributed by atoms with Crippen molar-refractivity contribution in [2.24, 2.45) is 0 Å². The Morgan fingerprint density at radius 2 is 2.23 bits per heavy atom. The maximum absolute atomic E-state index is 11.4. The monoisotopic (exact) mass is 197 g/mol. The quantitative estimate of drug-likeness (QED) is 0.413. The number of aromatic nitrogens is 1. The third-order valence-corrected chi connectivity index (χ3v) is 2.01. The Kier molecular flexibility index (Phi) is 4.47. The molecule has 2 nitrogen and oxygen atoms in total. The molecule has 0 bridgehead atoms. The smallest absolute Gasteiger partial charge is 0.181 e. The van der Waals surface area contributed by atoms with Crippen LogP contribution in [0.4, 0.5) is 0 Å². The van der Waals surface area contributed by atoms with Crippen LogP contribution >= 0.6 is 11.6 Å². The lowest BCUT2D eigenvalue weighted by Crippen LogP contribution is -2.01. The van der Waals surface area contributed by atoms with E-state index in [4.69, 9.17) is 11.6 Å². The molecule has 0 spiro atoms. The van der Waals surface area contributed by atoms with Crippen LogP contribution in [0.3, 0.4) is 0 Å². The predicted molar refractivity (Wildman–Crippen MR) is 53.1 cm³/mol. The molecule has 0 aliphatic rings. The minimum absolute atomic E-state index is 0.103. The van der Waals surface area contributed by atoms with Gasteiger partial charge in [-0.25, -0.2) is 0 Å². The van der Waals surface area contributed by atoms with Crippen LogP contribution < -0.4 is 0 Å². The molecule has 0 fully saturated rings. The Morgan fingerprint density at radius 3 is 2.85 bits per heavy atom. The molecule has 0 amide bonds. The van der Waals surface area contributed by atoms with Crippen molar-refractivity contribution in [3.05, 3.63) is 30.1 Å². The van der Waals surface area contributed by atoms with Crippen LogP contribution in [0.5, 0.6) is 0 Å². The van der Waals surface area contributed by atoms with E-state index in [1.54, 1.807) is 18.3 Å². The van der Waals surface area contributed by atoms with Crippen molar-refractivity contribution in [3.8, 4) is 0 Å². The first-order valence-corrected chi connectivity index (χ1v) is 4.88. The average molecular weight is 198 g/mol. The molecule has 0 unspecified atom stereocenters. The molecule has 0 aliphatic heterocycles. The van der Waals surface area contributed by atoms with E-state index >= 15 is 0 Å². The highest BCUT2D eigenvalue weighted by Gasteiger charge is 2.04. The van der Waals surface area contributed by atoms with Gasteiger partial charge in [-0.05, 0) is 25.0 Å². The highest BCUT2D eigenvalue weighted by Crippen LogP contribution is 2.04. The summed E-state index contributed by atoms with van der Waals surface area (Å²) >= 11 is 5.50. The number of rotatable bonds is 5. The molecule has 13 heavy (non-hydrogen) atoms. The van der Waals surface area contributed by atoms with Gasteiger partial charge in [-0.2, -0.15) is 0 Å². The SMILES string of the molecule is O=C(CCCCCl)c1ccccn1. The second-order valence-corrected chi connectivity index (χ2v) is 3.16. The Hall–Kier alpha value is -0.890. The van der Waals surface area contributed by atoms with Gasteiger partial charge in [-0.1, -0.05) is 6.07 Å². The van der Waals surface area contributed by atoms with E-state index in [0.717, 1.165) is 12.8 Å². The number of nitrogens with zero attached hydrogens (tertiary/aromatic N) is 1. The van der Waals surface area contributed by atoms with E-state index in [2.05, 4.69) is 4.98 Å². The summed E-state index contributed by atoms with van der Waals surface area (Å²) in [6, 6.07) is 5.36. The molecular formula is C10H12ClNO. The van der Waals surface area contributed by atoms with Crippen LogP contribution in [-0.2, 0) is 0 Å². The summed E-state index contributed by atoms with van der Waals surface area (Å²) in [5.74, 6) is 0.723. The first-order chi connectivity index (χ1) is 6.34. The maximum Gasteiger partial charge on any atom is 0.181 e. The molecule has 3 heteroatoms. The van der Waals surface area contributed by atoms with Crippen LogP contribution in [-0.4, -0.2) is 16.6 Å². The van der Waals surface area contributed by atoms with Crippen molar-refractivity contribution in [3.63, 3.8) is 0 Å². The highest BCUT2D eigenvalue weighted by molar-refractivity contribution is 6.17. The zero-order chi connectivity index (χ0) is 9.52. The average Bonchev–Trinajstić information content (AvgIpc) is 2.19. The van der Waals surface area contributed by atoms with Gasteiger partial charge in [0.05, 0.1) is 0 Å². The van der Waals surface area contributed by atoms with Gasteiger partial charge in [0.15, 0.2) is 5.78 Å². The topological polar surface area (TPSA) is 30.0 Å². The fourth-order valence-corrected chi connectivity index (χ4v) is 1.22. The number of carbonyl (C=O) groups is 1. The minimum atomic E-state index is 0.103. The van der Waals surface area contributed by atoms with Gasteiger partial charge in [-0.3, -0.25) is 9.78 Å². The Labute approximate surface area is 82.9 Å². The van der Waals surface area contributed by atoms with Gasteiger partial charge in [0.1, 0.15) is 5.69 Å². The summed E-state index contributed by atoms with van der Waals surface area (Å²) in [4.78, 5) is 15.4. The third-order valence-electron chi connectivity index (χ3n) is 1.74. The molecular weight excluding hydrogens is 186 g/mol. The zero-order valence-electron chi connectivity index (χ0n) is 7.37. The number of hydrogen-bond donors (Lipinski definition) is 0. The van der Waals surface area contributed by atoms with E-state index in [1.165, 1.54) is 0 Å². The van der Waals surface area contributed by atoms with E-state index in [1.807, 2.05) is 6.07 Å². The fourth-order valence-electron chi connectivity index (χ4n) is 1.04. The summed E-state index contributed by atoms with van der Waals surface area (Å²) in [6.07, 6.45) is 3.91. The van der Waals surface area contributed by atoms with Crippen LogP contribution in [0.15, 0.2) is 24.4 Å². The number of alkyl halides is 1. The van der Waals surface area contributed by atoms with E-state index in [0.29, 0.717) is 18.0 Å². The van der Waals surface area contributed by atoms with E-state index in [9.17, 15) is 4.79 Å². The second-order valence-electron chi connectivity index (χ2n) is 2.78. The van der Waals surface area contributed by atoms with Gasteiger partial charge < -0.3 is 0 Å². The molecule has 0 aliphatic carbocycles. The summed E-state index contributed by atoms with van der Waals surface area (Å²) in [5, 5.41) is 0. The van der Waals surface area contributed by atoms with Gasteiger partial charge >= 0.3 is 0 Å². The number of Topliss-reactive ketones (excluding diaryl/α,β-unsaturated/α-hetero) is 1. The van der Waals surface area contributed by atoms with Crippen molar-refractivity contribution in [1.82, 2.24) is 4.98 Å². The van der Waals surface area contributed by atoms with Gasteiger partial charge in [0.2, 0.25) is 0 Å². The van der Waals surface area contributed by atoms with Crippen LogP contribution in [0.1, 0.15) is 29.8 Å². The normalized spacial score (nSPS) is 9.92. The number of hydrogen-bond acceptors (Lipinski definition) is 2. The molecule has 1 aromatic heterocycles. The minimum Gasteiger partial charge on any atom is -0.292 e. The molecule has 0 aromatic carbocycles. The molecule has 1 aromatic rings. The molecule has 70 valence electrons. The summed E-state index contributed by atoms with van der Waals surface area (Å²) in [6.45, 7) is 0. The fraction of sp³-hybridized carbons (Fsp3) is 0.400. The third kappa shape index (κ3) is 3.55. The molecule has 0 atom stereocenters. The lowest BCUT2D eigenvalue weighted by atomic mass is 10.1. The number of pyridine rings is 1. The molecule has 0 radical (unpaired) electrons. The standard InChI is InChI=1S/C10H12ClNO/c11-7-3-1-6-10(13)9-5-2-4-8-12-9/h2,4-5,8H,1,3,6-7H2. The highest BCUT2D eigenvalue weighted by atomic mass is 35.5. The second kappa shape index (κ2) is 5.70. The van der Waals surface area contributed by atoms with Crippen molar-refractivity contribution in [2.45, 2.75) is 19.3 Å². The van der Waals surface area contributed by atoms with Crippen molar-refractivity contribution in [2.75, 3.05) is 5.88 Å². The Balaban J connectivity index is 2.40. The van der Waals surface area contributed by atoms with Crippen molar-refractivity contribution in [1.29, 1.82) is 0 Å². The first-order valence-electron chi connectivity index (χ1n) is 4.35.